The smallest absolute Gasteiger partial charge is 0.312 e. The average Bonchev–Trinajstić information content (AvgIpc) is 2.57. The summed E-state index contributed by atoms with van der Waals surface area (Å²) >= 11 is 3.22. The van der Waals surface area contributed by atoms with Crippen molar-refractivity contribution in [1.29, 1.82) is 0 Å². The van der Waals surface area contributed by atoms with E-state index in [2.05, 4.69) is 26.2 Å². The third-order valence-electron chi connectivity index (χ3n) is 3.83. The zero-order valence-electron chi connectivity index (χ0n) is 12.3. The van der Waals surface area contributed by atoms with Gasteiger partial charge < -0.3 is 10.1 Å². The Morgan fingerprint density at radius 3 is 2.87 bits per heavy atom. The normalized spacial score (nSPS) is 20.9. The molecule has 0 radical (unpaired) electrons. The van der Waals surface area contributed by atoms with Gasteiger partial charge in [0, 0.05) is 29.4 Å². The minimum absolute atomic E-state index is 0.00282. The van der Waals surface area contributed by atoms with Crippen molar-refractivity contribution >= 4 is 27.4 Å². The first-order chi connectivity index (χ1) is 11.1. The molecule has 2 unspecified atom stereocenters. The summed E-state index contributed by atoms with van der Waals surface area (Å²) in [6.07, 6.45) is 3.09. The molecule has 1 aliphatic rings. The summed E-state index contributed by atoms with van der Waals surface area (Å²) in [7, 11) is 0. The van der Waals surface area contributed by atoms with Gasteiger partial charge in [-0.3, -0.25) is 10.1 Å². The van der Waals surface area contributed by atoms with Crippen molar-refractivity contribution < 1.29 is 9.66 Å². The van der Waals surface area contributed by atoms with Crippen LogP contribution in [0, 0.1) is 10.1 Å². The highest BCUT2D eigenvalue weighted by Gasteiger charge is 2.26. The Labute approximate surface area is 142 Å². The van der Waals surface area contributed by atoms with E-state index in [1.165, 1.54) is 6.07 Å². The zero-order valence-corrected chi connectivity index (χ0v) is 13.9. The number of ether oxygens (including phenoxy) is 1. The fourth-order valence-electron chi connectivity index (χ4n) is 2.70. The Morgan fingerprint density at radius 1 is 1.35 bits per heavy atom. The Morgan fingerprint density at radius 2 is 2.13 bits per heavy atom. The van der Waals surface area contributed by atoms with E-state index in [1.54, 1.807) is 6.20 Å². The van der Waals surface area contributed by atoms with Crippen LogP contribution in [0.25, 0.3) is 0 Å². The second-order valence-electron chi connectivity index (χ2n) is 5.41. The average molecular weight is 378 g/mol. The van der Waals surface area contributed by atoms with E-state index in [0.29, 0.717) is 16.9 Å². The number of hydrogen-bond acceptors (Lipinski definition) is 5. The molecular weight excluding hydrogens is 362 g/mol. The Bertz CT molecular complexity index is 696. The summed E-state index contributed by atoms with van der Waals surface area (Å²) in [4.78, 5) is 14.9. The second-order valence-corrected chi connectivity index (χ2v) is 6.33. The first-order valence-corrected chi connectivity index (χ1v) is 8.16. The Balaban J connectivity index is 1.74. The van der Waals surface area contributed by atoms with E-state index in [1.807, 2.05) is 30.3 Å². The van der Waals surface area contributed by atoms with Gasteiger partial charge in [-0.15, -0.1) is 0 Å². The van der Waals surface area contributed by atoms with Crippen molar-refractivity contribution in [2.75, 3.05) is 11.9 Å². The van der Waals surface area contributed by atoms with Crippen LogP contribution < -0.4 is 5.32 Å². The highest BCUT2D eigenvalue weighted by Crippen LogP contribution is 2.32. The van der Waals surface area contributed by atoms with E-state index in [-0.39, 0.29) is 17.8 Å². The van der Waals surface area contributed by atoms with Crippen LogP contribution in [0.5, 0.6) is 0 Å². The fourth-order valence-corrected chi connectivity index (χ4v) is 3.02. The molecule has 1 fully saturated rings. The molecule has 2 aromatic rings. The maximum Gasteiger partial charge on any atom is 0.312 e. The third kappa shape index (κ3) is 3.86. The lowest BCUT2D eigenvalue weighted by molar-refractivity contribution is -0.384. The Kier molecular flexibility index (Phi) is 4.88. The van der Waals surface area contributed by atoms with Crippen LogP contribution in [0.4, 0.5) is 11.5 Å². The molecule has 6 nitrogen and oxygen atoms in total. The van der Waals surface area contributed by atoms with E-state index in [0.717, 1.165) is 18.4 Å². The lowest BCUT2D eigenvalue weighted by atomic mass is 9.97. The quantitative estimate of drug-likeness (QED) is 0.641. The molecule has 23 heavy (non-hydrogen) atoms. The van der Waals surface area contributed by atoms with Gasteiger partial charge in [0.2, 0.25) is 5.82 Å². The van der Waals surface area contributed by atoms with Crippen LogP contribution in [0.3, 0.4) is 0 Å². The monoisotopic (exact) mass is 377 g/mol. The third-order valence-corrected chi connectivity index (χ3v) is 4.26. The summed E-state index contributed by atoms with van der Waals surface area (Å²) in [6.45, 7) is 0.613. The topological polar surface area (TPSA) is 77.3 Å². The highest BCUT2D eigenvalue weighted by molar-refractivity contribution is 9.10. The van der Waals surface area contributed by atoms with Crippen molar-refractivity contribution in [3.8, 4) is 0 Å². The molecule has 3 rings (SSSR count). The molecular formula is C16H16BrN3O3. The first kappa shape index (κ1) is 15.9. The first-order valence-electron chi connectivity index (χ1n) is 7.36. The molecule has 120 valence electrons. The lowest BCUT2D eigenvalue weighted by Gasteiger charge is -2.30. The Hall–Kier alpha value is -1.99. The minimum atomic E-state index is -0.423. The number of anilines is 1. The fraction of sp³-hybridized carbons (Fsp3) is 0.312. The van der Waals surface area contributed by atoms with Crippen molar-refractivity contribution in [2.45, 2.75) is 25.0 Å². The molecule has 0 amide bonds. The van der Waals surface area contributed by atoms with Gasteiger partial charge in [0.25, 0.3) is 0 Å². The van der Waals surface area contributed by atoms with Gasteiger partial charge in [0.05, 0.1) is 11.0 Å². The molecule has 2 heterocycles. The van der Waals surface area contributed by atoms with Gasteiger partial charge in [-0.2, -0.15) is 0 Å². The number of pyridine rings is 1. The number of hydrogen-bond donors (Lipinski definition) is 1. The highest BCUT2D eigenvalue weighted by atomic mass is 79.9. The van der Waals surface area contributed by atoms with E-state index < -0.39 is 4.92 Å². The van der Waals surface area contributed by atoms with Gasteiger partial charge in [0.1, 0.15) is 0 Å². The predicted octanol–water partition coefficient (Wildman–Crippen LogP) is 4.08. The van der Waals surface area contributed by atoms with Crippen LogP contribution in [-0.2, 0) is 4.74 Å². The summed E-state index contributed by atoms with van der Waals surface area (Å²) in [5.74, 6) is 0.303. The molecule has 1 aromatic carbocycles. The summed E-state index contributed by atoms with van der Waals surface area (Å²) < 4.78 is 6.41. The molecule has 0 aliphatic carbocycles. The van der Waals surface area contributed by atoms with Gasteiger partial charge in [-0.25, -0.2) is 4.98 Å². The predicted molar refractivity (Wildman–Crippen MR) is 90.4 cm³/mol. The standard InChI is InChI=1S/C16H16BrN3O3/c17-12-8-14(20(21)22)16(18-10-12)19-13-6-7-23-15(9-13)11-4-2-1-3-5-11/h1-5,8,10,13,15H,6-7,9H2,(H,18,19). The number of aromatic nitrogens is 1. The van der Waals surface area contributed by atoms with Crippen LogP contribution in [-0.4, -0.2) is 22.6 Å². The summed E-state index contributed by atoms with van der Waals surface area (Å²) in [6, 6.07) is 11.6. The molecule has 0 bridgehead atoms. The van der Waals surface area contributed by atoms with Crippen molar-refractivity contribution in [2.24, 2.45) is 0 Å². The van der Waals surface area contributed by atoms with Crippen molar-refractivity contribution in [3.05, 3.63) is 62.7 Å². The van der Waals surface area contributed by atoms with Crippen molar-refractivity contribution in [3.63, 3.8) is 0 Å². The van der Waals surface area contributed by atoms with Crippen molar-refractivity contribution in [1.82, 2.24) is 4.98 Å². The van der Waals surface area contributed by atoms with Gasteiger partial charge >= 0.3 is 5.69 Å². The molecule has 1 saturated heterocycles. The van der Waals surface area contributed by atoms with E-state index in [9.17, 15) is 10.1 Å². The molecule has 1 N–H and O–H groups in total. The van der Waals surface area contributed by atoms with Gasteiger partial charge in [-0.1, -0.05) is 30.3 Å². The molecule has 7 heteroatoms. The lowest BCUT2D eigenvalue weighted by Crippen LogP contribution is -2.30. The maximum atomic E-state index is 11.2. The van der Waals surface area contributed by atoms with E-state index >= 15 is 0 Å². The number of halogens is 1. The van der Waals surface area contributed by atoms with Gasteiger partial charge in [0.15, 0.2) is 0 Å². The van der Waals surface area contributed by atoms with Crippen LogP contribution in [0.2, 0.25) is 0 Å². The molecule has 0 saturated carbocycles. The number of nitrogens with zero attached hydrogens (tertiary/aromatic N) is 2. The van der Waals surface area contributed by atoms with Crippen LogP contribution >= 0.6 is 15.9 Å². The van der Waals surface area contributed by atoms with Crippen LogP contribution in [0.1, 0.15) is 24.5 Å². The SMILES string of the molecule is O=[N+]([O-])c1cc(Br)cnc1NC1CCOC(c2ccccc2)C1. The number of nitrogens with one attached hydrogen (secondary N) is 1. The molecule has 2 atom stereocenters. The molecule has 0 spiro atoms. The van der Waals surface area contributed by atoms with Crippen LogP contribution in [0.15, 0.2) is 47.1 Å². The van der Waals surface area contributed by atoms with Gasteiger partial charge in [-0.05, 0) is 34.3 Å². The largest absolute Gasteiger partial charge is 0.373 e. The number of rotatable bonds is 4. The maximum absolute atomic E-state index is 11.2. The molecule has 1 aromatic heterocycles. The second kappa shape index (κ2) is 7.06. The summed E-state index contributed by atoms with van der Waals surface area (Å²) in [5.41, 5.74) is 1.10. The molecule has 1 aliphatic heterocycles. The summed E-state index contributed by atoms with van der Waals surface area (Å²) in [5, 5.41) is 14.4. The number of nitro groups is 1. The minimum Gasteiger partial charge on any atom is -0.373 e. The van der Waals surface area contributed by atoms with E-state index in [4.69, 9.17) is 4.74 Å². The zero-order chi connectivity index (χ0) is 16.2. The number of benzene rings is 1.